The van der Waals surface area contributed by atoms with Gasteiger partial charge in [-0.1, -0.05) is 12.1 Å². The number of hydrogen-bond acceptors (Lipinski definition) is 5. The molecule has 1 amide bonds. The van der Waals surface area contributed by atoms with Crippen LogP contribution in [0.1, 0.15) is 28.8 Å². The maximum atomic E-state index is 14.5. The van der Waals surface area contributed by atoms with Crippen molar-refractivity contribution in [3.05, 3.63) is 59.4 Å². The van der Waals surface area contributed by atoms with Gasteiger partial charge in [-0.05, 0) is 68.2 Å². The maximum Gasteiger partial charge on any atom is 0.256 e. The van der Waals surface area contributed by atoms with Gasteiger partial charge in [0, 0.05) is 25.6 Å². The van der Waals surface area contributed by atoms with Gasteiger partial charge in [-0.2, -0.15) is 0 Å². The highest BCUT2D eigenvalue weighted by molar-refractivity contribution is 5.95. The summed E-state index contributed by atoms with van der Waals surface area (Å²) in [5.74, 6) is 0.0202. The largest absolute Gasteiger partial charge is 0.457 e. The molecule has 2 saturated heterocycles. The Bertz CT molecular complexity index is 905. The van der Waals surface area contributed by atoms with Gasteiger partial charge in [0.1, 0.15) is 17.3 Å². The molecular weight excluding hydrogens is 385 g/mol. The number of aliphatic hydroxyl groups is 1. The lowest BCUT2D eigenvalue weighted by molar-refractivity contribution is -0.0817. The average Bonchev–Trinajstić information content (AvgIpc) is 2.75. The number of piperidine rings is 2. The number of nitrogens with zero attached hydrogens (tertiary/aromatic N) is 1. The number of carbonyl (C=O) groups is 1. The van der Waals surface area contributed by atoms with Gasteiger partial charge in [0.15, 0.2) is 0 Å². The molecule has 2 aliphatic rings. The van der Waals surface area contributed by atoms with Crippen molar-refractivity contribution in [1.82, 2.24) is 10.2 Å². The molecule has 2 aliphatic heterocycles. The molecule has 7 heteroatoms. The van der Waals surface area contributed by atoms with Gasteiger partial charge in [-0.15, -0.1) is 0 Å². The molecule has 2 fully saturated rings. The fourth-order valence-corrected chi connectivity index (χ4v) is 4.34. The molecule has 4 N–H and O–H groups in total. The number of ether oxygens (including phenoxy) is 1. The molecule has 0 spiro atoms. The number of fused-ring (bicyclic) bond motifs is 1. The van der Waals surface area contributed by atoms with Crippen LogP contribution in [-0.4, -0.2) is 54.2 Å². The standard InChI is InChI=1S/C23H28FN3O3/c24-21-6-5-19(30-18-3-1-16(2-4-18)7-10-25)13-20(21)22(28)27-12-9-23(29)8-11-26-14-17(23)15-27/h1-6,13,17,26,29H,7-12,14-15,25H2/t17-,23-/m0/s1. The number of nitrogens with one attached hydrogen (secondary N) is 1. The molecule has 160 valence electrons. The molecule has 0 bridgehead atoms. The topological polar surface area (TPSA) is 87.8 Å². The molecule has 0 aliphatic carbocycles. The Labute approximate surface area is 175 Å². The van der Waals surface area contributed by atoms with Crippen LogP contribution >= 0.6 is 0 Å². The van der Waals surface area contributed by atoms with Gasteiger partial charge in [0.2, 0.25) is 0 Å². The molecule has 2 heterocycles. The summed E-state index contributed by atoms with van der Waals surface area (Å²) in [5.41, 5.74) is 5.93. The predicted octanol–water partition coefficient (Wildman–Crippen LogP) is 2.31. The van der Waals surface area contributed by atoms with E-state index < -0.39 is 11.4 Å². The van der Waals surface area contributed by atoms with Crippen molar-refractivity contribution in [3.8, 4) is 11.5 Å². The van der Waals surface area contributed by atoms with E-state index in [1.54, 1.807) is 4.90 Å². The summed E-state index contributed by atoms with van der Waals surface area (Å²) in [6.45, 7) is 2.84. The number of nitrogens with two attached hydrogens (primary N) is 1. The van der Waals surface area contributed by atoms with E-state index in [4.69, 9.17) is 10.5 Å². The Hall–Kier alpha value is -2.48. The second kappa shape index (κ2) is 8.71. The third-order valence-corrected chi connectivity index (χ3v) is 6.19. The van der Waals surface area contributed by atoms with Crippen molar-refractivity contribution < 1.29 is 19.0 Å². The minimum atomic E-state index is -0.735. The van der Waals surface area contributed by atoms with E-state index >= 15 is 0 Å². The third kappa shape index (κ3) is 4.33. The lowest BCUT2D eigenvalue weighted by Crippen LogP contribution is -2.59. The molecule has 2 aromatic carbocycles. The smallest absolute Gasteiger partial charge is 0.256 e. The van der Waals surface area contributed by atoms with Gasteiger partial charge in [-0.3, -0.25) is 4.79 Å². The van der Waals surface area contributed by atoms with Gasteiger partial charge in [-0.25, -0.2) is 4.39 Å². The molecule has 0 aromatic heterocycles. The van der Waals surface area contributed by atoms with E-state index in [0.717, 1.165) is 18.5 Å². The second-order valence-corrected chi connectivity index (χ2v) is 8.18. The summed E-state index contributed by atoms with van der Waals surface area (Å²) in [5, 5.41) is 14.1. The number of likely N-dealkylation sites (tertiary alicyclic amines) is 1. The molecule has 4 rings (SSSR count). The molecule has 6 nitrogen and oxygen atoms in total. The van der Waals surface area contributed by atoms with Crippen LogP contribution in [0.15, 0.2) is 42.5 Å². The first kappa shape index (κ1) is 20.8. The summed E-state index contributed by atoms with van der Waals surface area (Å²) in [6.07, 6.45) is 1.98. The van der Waals surface area contributed by atoms with Crippen molar-refractivity contribution in [2.24, 2.45) is 11.7 Å². The van der Waals surface area contributed by atoms with E-state index in [-0.39, 0.29) is 17.4 Å². The summed E-state index contributed by atoms with van der Waals surface area (Å²) in [4.78, 5) is 14.7. The molecule has 2 atom stereocenters. The van der Waals surface area contributed by atoms with Crippen molar-refractivity contribution >= 4 is 5.91 Å². The molecule has 0 saturated carbocycles. The van der Waals surface area contributed by atoms with Crippen molar-refractivity contribution in [2.75, 3.05) is 32.7 Å². The van der Waals surface area contributed by atoms with Gasteiger partial charge in [0.05, 0.1) is 11.2 Å². The highest BCUT2D eigenvalue weighted by Gasteiger charge is 2.44. The first-order chi connectivity index (χ1) is 14.5. The fraction of sp³-hybridized carbons (Fsp3) is 0.435. The van der Waals surface area contributed by atoms with E-state index in [0.29, 0.717) is 50.5 Å². The number of halogens is 1. The van der Waals surface area contributed by atoms with Crippen LogP contribution in [-0.2, 0) is 6.42 Å². The van der Waals surface area contributed by atoms with Gasteiger partial charge in [0.25, 0.3) is 5.91 Å². The van der Waals surface area contributed by atoms with Gasteiger partial charge >= 0.3 is 0 Å². The number of hydrogen-bond donors (Lipinski definition) is 3. The van der Waals surface area contributed by atoms with E-state index in [1.807, 2.05) is 24.3 Å². The van der Waals surface area contributed by atoms with Crippen molar-refractivity contribution in [2.45, 2.75) is 24.9 Å². The Morgan fingerprint density at radius 1 is 1.23 bits per heavy atom. The summed E-state index contributed by atoms with van der Waals surface area (Å²) >= 11 is 0. The van der Waals surface area contributed by atoms with Crippen molar-refractivity contribution in [3.63, 3.8) is 0 Å². The lowest BCUT2D eigenvalue weighted by Gasteiger charge is -2.47. The minimum Gasteiger partial charge on any atom is -0.457 e. The zero-order chi connectivity index (χ0) is 21.1. The van der Waals surface area contributed by atoms with Crippen LogP contribution in [0.5, 0.6) is 11.5 Å². The first-order valence-corrected chi connectivity index (χ1v) is 10.5. The minimum absolute atomic E-state index is 0.0125. The Morgan fingerprint density at radius 2 is 2.00 bits per heavy atom. The average molecular weight is 413 g/mol. The second-order valence-electron chi connectivity index (χ2n) is 8.18. The highest BCUT2D eigenvalue weighted by atomic mass is 19.1. The van der Waals surface area contributed by atoms with Crippen LogP contribution in [0.2, 0.25) is 0 Å². The van der Waals surface area contributed by atoms with Crippen LogP contribution in [0.25, 0.3) is 0 Å². The lowest BCUT2D eigenvalue weighted by atomic mass is 9.76. The molecule has 0 radical (unpaired) electrons. The zero-order valence-corrected chi connectivity index (χ0v) is 16.9. The molecule has 2 aromatic rings. The highest BCUT2D eigenvalue weighted by Crippen LogP contribution is 2.34. The SMILES string of the molecule is NCCc1ccc(Oc2ccc(F)c(C(=O)N3CC[C@@]4(O)CCNC[C@H]4C3)c2)cc1. The van der Waals surface area contributed by atoms with Crippen LogP contribution in [0, 0.1) is 11.7 Å². The zero-order valence-electron chi connectivity index (χ0n) is 16.9. The number of amides is 1. The quantitative estimate of drug-likeness (QED) is 0.700. The number of benzene rings is 2. The monoisotopic (exact) mass is 413 g/mol. The van der Waals surface area contributed by atoms with Crippen molar-refractivity contribution in [1.29, 1.82) is 0 Å². The Morgan fingerprint density at radius 3 is 2.77 bits per heavy atom. The summed E-state index contributed by atoms with van der Waals surface area (Å²) < 4.78 is 20.3. The number of rotatable bonds is 5. The first-order valence-electron chi connectivity index (χ1n) is 10.5. The normalized spacial score (nSPS) is 23.7. The van der Waals surface area contributed by atoms with E-state index in [2.05, 4.69) is 5.32 Å². The van der Waals surface area contributed by atoms with E-state index in [9.17, 15) is 14.3 Å². The maximum absolute atomic E-state index is 14.5. The summed E-state index contributed by atoms with van der Waals surface area (Å²) in [6, 6.07) is 11.8. The third-order valence-electron chi connectivity index (χ3n) is 6.19. The summed E-state index contributed by atoms with van der Waals surface area (Å²) in [7, 11) is 0. The van der Waals surface area contributed by atoms with Crippen LogP contribution < -0.4 is 15.8 Å². The number of carbonyl (C=O) groups excluding carboxylic acids is 1. The molecule has 30 heavy (non-hydrogen) atoms. The van der Waals surface area contributed by atoms with Crippen LogP contribution in [0.4, 0.5) is 4.39 Å². The Balaban J connectivity index is 1.48. The fourth-order valence-electron chi connectivity index (χ4n) is 4.34. The van der Waals surface area contributed by atoms with Crippen LogP contribution in [0.3, 0.4) is 0 Å². The molecular formula is C23H28FN3O3. The van der Waals surface area contributed by atoms with E-state index in [1.165, 1.54) is 18.2 Å². The van der Waals surface area contributed by atoms with Gasteiger partial charge < -0.3 is 25.8 Å². The Kier molecular flexibility index (Phi) is 6.04. The predicted molar refractivity (Wildman–Crippen MR) is 112 cm³/mol. The molecule has 0 unspecified atom stereocenters.